The van der Waals surface area contributed by atoms with Crippen LogP contribution in [0.4, 0.5) is 11.6 Å². The van der Waals surface area contributed by atoms with E-state index in [1.54, 1.807) is 31.0 Å². The number of aryl methyl sites for hydroxylation is 1. The Morgan fingerprint density at radius 1 is 1.30 bits per heavy atom. The van der Waals surface area contributed by atoms with Crippen molar-refractivity contribution in [2.75, 3.05) is 36.9 Å². The van der Waals surface area contributed by atoms with Crippen LogP contribution in [0.15, 0.2) is 22.9 Å². The normalized spacial score (nSPS) is 14.1. The van der Waals surface area contributed by atoms with Gasteiger partial charge >= 0.3 is 0 Å². The maximum absolute atomic E-state index is 12.5. The van der Waals surface area contributed by atoms with Gasteiger partial charge in [-0.2, -0.15) is 0 Å². The molecule has 2 amide bonds. The molecule has 0 spiro atoms. The van der Waals surface area contributed by atoms with Crippen molar-refractivity contribution in [1.29, 1.82) is 0 Å². The van der Waals surface area contributed by atoms with Gasteiger partial charge in [-0.25, -0.2) is 4.98 Å². The monoisotopic (exact) mass is 391 g/mol. The van der Waals surface area contributed by atoms with Crippen LogP contribution in [0.25, 0.3) is 0 Å². The molecule has 0 aromatic carbocycles. The minimum absolute atomic E-state index is 0.0258. The Kier molecular flexibility index (Phi) is 5.95. The number of carbonyl (C=O) groups is 2. The van der Waals surface area contributed by atoms with Crippen molar-refractivity contribution in [3.63, 3.8) is 0 Å². The predicted molar refractivity (Wildman–Crippen MR) is 102 cm³/mol. The van der Waals surface area contributed by atoms with Crippen LogP contribution in [0, 0.1) is 6.92 Å². The van der Waals surface area contributed by atoms with Crippen LogP contribution in [-0.2, 0) is 4.79 Å². The third kappa shape index (κ3) is 4.77. The number of nitrogens with one attached hydrogen (secondary N) is 1. The molecule has 0 saturated carbocycles. The van der Waals surface area contributed by atoms with Crippen LogP contribution in [0.1, 0.15) is 35.4 Å². The van der Waals surface area contributed by atoms with Crippen molar-refractivity contribution in [2.45, 2.75) is 26.2 Å². The van der Waals surface area contributed by atoms with E-state index in [4.69, 9.17) is 16.1 Å². The van der Waals surface area contributed by atoms with Gasteiger partial charge in [0.15, 0.2) is 5.82 Å². The molecule has 27 heavy (non-hydrogen) atoms. The van der Waals surface area contributed by atoms with Gasteiger partial charge in [0.1, 0.15) is 11.6 Å². The van der Waals surface area contributed by atoms with Crippen molar-refractivity contribution in [3.8, 4) is 0 Å². The van der Waals surface area contributed by atoms with Crippen LogP contribution in [-0.4, -0.2) is 53.5 Å². The second-order valence-corrected chi connectivity index (χ2v) is 7.02. The largest absolute Gasteiger partial charge is 0.360 e. The summed E-state index contributed by atoms with van der Waals surface area (Å²) < 4.78 is 4.91. The molecule has 1 saturated heterocycles. The van der Waals surface area contributed by atoms with E-state index in [0.717, 1.165) is 32.4 Å². The van der Waals surface area contributed by atoms with Crippen molar-refractivity contribution < 1.29 is 14.1 Å². The lowest BCUT2D eigenvalue weighted by atomic mass is 10.1. The fourth-order valence-corrected chi connectivity index (χ4v) is 3.32. The zero-order chi connectivity index (χ0) is 19.4. The lowest BCUT2D eigenvalue weighted by molar-refractivity contribution is -0.115. The number of hydrogen-bond donors (Lipinski definition) is 1. The fourth-order valence-electron chi connectivity index (χ4n) is 3.01. The SMILES string of the molecule is Cc1cc(NC(=O)CN(C)c2ncc(C(=O)N3CCCCC3)cc2Cl)no1. The number of nitrogens with zero attached hydrogens (tertiary/aromatic N) is 4. The first-order valence-electron chi connectivity index (χ1n) is 8.83. The maximum Gasteiger partial charge on any atom is 0.255 e. The third-order valence-corrected chi connectivity index (χ3v) is 4.63. The van der Waals surface area contributed by atoms with E-state index in [9.17, 15) is 9.59 Å². The molecular weight excluding hydrogens is 370 g/mol. The van der Waals surface area contributed by atoms with Gasteiger partial charge in [-0.15, -0.1) is 0 Å². The quantitative estimate of drug-likeness (QED) is 0.842. The van der Waals surface area contributed by atoms with Gasteiger partial charge in [0.05, 0.1) is 17.1 Å². The zero-order valence-corrected chi connectivity index (χ0v) is 16.1. The summed E-state index contributed by atoms with van der Waals surface area (Å²) in [6.07, 6.45) is 4.71. The molecule has 1 fully saturated rings. The van der Waals surface area contributed by atoms with Crippen molar-refractivity contribution >= 4 is 35.1 Å². The molecule has 3 rings (SSSR count). The molecule has 3 heterocycles. The molecule has 144 valence electrons. The third-order valence-electron chi connectivity index (χ3n) is 4.35. The zero-order valence-electron chi connectivity index (χ0n) is 15.4. The predicted octanol–water partition coefficient (Wildman–Crippen LogP) is 2.73. The molecule has 2 aromatic rings. The number of likely N-dealkylation sites (tertiary alicyclic amines) is 1. The minimum Gasteiger partial charge on any atom is -0.360 e. The van der Waals surface area contributed by atoms with E-state index in [0.29, 0.717) is 28.0 Å². The van der Waals surface area contributed by atoms with Gasteiger partial charge in [-0.3, -0.25) is 9.59 Å². The second kappa shape index (κ2) is 8.39. The molecule has 1 N–H and O–H groups in total. The molecule has 0 radical (unpaired) electrons. The Morgan fingerprint density at radius 2 is 2.04 bits per heavy atom. The molecule has 8 nitrogen and oxygen atoms in total. The summed E-state index contributed by atoms with van der Waals surface area (Å²) in [6.45, 7) is 3.29. The highest BCUT2D eigenvalue weighted by Gasteiger charge is 2.20. The van der Waals surface area contributed by atoms with Crippen molar-refractivity contribution in [3.05, 3.63) is 34.7 Å². The average Bonchev–Trinajstić information content (AvgIpc) is 3.06. The number of rotatable bonds is 5. The smallest absolute Gasteiger partial charge is 0.255 e. The summed E-state index contributed by atoms with van der Waals surface area (Å²) >= 11 is 6.32. The Bertz CT molecular complexity index is 832. The van der Waals surface area contributed by atoms with Gasteiger partial charge in [0, 0.05) is 32.4 Å². The number of amides is 2. The van der Waals surface area contributed by atoms with E-state index in [1.807, 2.05) is 4.90 Å². The number of anilines is 2. The van der Waals surface area contributed by atoms with Crippen LogP contribution in [0.2, 0.25) is 5.02 Å². The highest BCUT2D eigenvalue weighted by Crippen LogP contribution is 2.24. The number of hydrogen-bond acceptors (Lipinski definition) is 6. The summed E-state index contributed by atoms with van der Waals surface area (Å²) in [5.74, 6) is 1.05. The summed E-state index contributed by atoms with van der Waals surface area (Å²) in [5.41, 5.74) is 0.460. The summed E-state index contributed by atoms with van der Waals surface area (Å²) in [7, 11) is 1.70. The van der Waals surface area contributed by atoms with Crippen LogP contribution < -0.4 is 10.2 Å². The fraction of sp³-hybridized carbons (Fsp3) is 0.444. The summed E-state index contributed by atoms with van der Waals surface area (Å²) in [5, 5.41) is 6.68. The molecule has 0 bridgehead atoms. The molecule has 1 aliphatic heterocycles. The van der Waals surface area contributed by atoms with Crippen molar-refractivity contribution in [2.24, 2.45) is 0 Å². The molecular formula is C18H22ClN5O3. The molecule has 1 aliphatic rings. The van der Waals surface area contributed by atoms with E-state index in [2.05, 4.69) is 15.5 Å². The molecule has 0 atom stereocenters. The number of likely N-dealkylation sites (N-methyl/N-ethyl adjacent to an activating group) is 1. The first-order chi connectivity index (χ1) is 12.9. The summed E-state index contributed by atoms with van der Waals surface area (Å²) in [4.78, 5) is 32.4. The van der Waals surface area contributed by atoms with Crippen LogP contribution in [0.3, 0.4) is 0 Å². The standard InChI is InChI=1S/C18H22ClN5O3/c1-12-8-15(22-27-12)21-16(25)11-23(2)17-14(19)9-13(10-20-17)18(26)24-6-4-3-5-7-24/h8-10H,3-7,11H2,1-2H3,(H,21,22,25). The van der Waals surface area contributed by atoms with Gasteiger partial charge in [0.25, 0.3) is 5.91 Å². The summed E-state index contributed by atoms with van der Waals surface area (Å²) in [6, 6.07) is 3.24. The number of halogens is 1. The molecule has 0 unspecified atom stereocenters. The number of aromatic nitrogens is 2. The van der Waals surface area contributed by atoms with E-state index in [-0.39, 0.29) is 18.4 Å². The second-order valence-electron chi connectivity index (χ2n) is 6.61. The van der Waals surface area contributed by atoms with Crippen molar-refractivity contribution in [1.82, 2.24) is 15.0 Å². The average molecular weight is 392 g/mol. The van der Waals surface area contributed by atoms with Gasteiger partial charge in [-0.05, 0) is 32.3 Å². The lowest BCUT2D eigenvalue weighted by Gasteiger charge is -2.27. The van der Waals surface area contributed by atoms with Crippen LogP contribution in [0.5, 0.6) is 0 Å². The first kappa shape index (κ1) is 19.2. The Hall–Kier alpha value is -2.61. The highest BCUT2D eigenvalue weighted by molar-refractivity contribution is 6.33. The maximum atomic E-state index is 12.5. The number of pyridine rings is 1. The van der Waals surface area contributed by atoms with Gasteiger partial charge in [0.2, 0.25) is 5.91 Å². The molecule has 9 heteroatoms. The van der Waals surface area contributed by atoms with E-state index in [1.165, 1.54) is 6.20 Å². The minimum atomic E-state index is -0.280. The Balaban J connectivity index is 1.63. The highest BCUT2D eigenvalue weighted by atomic mass is 35.5. The Labute approximate surface area is 162 Å². The van der Waals surface area contributed by atoms with E-state index < -0.39 is 0 Å². The number of carbonyl (C=O) groups excluding carboxylic acids is 2. The lowest BCUT2D eigenvalue weighted by Crippen LogP contribution is -2.35. The molecule has 0 aliphatic carbocycles. The first-order valence-corrected chi connectivity index (χ1v) is 9.21. The Morgan fingerprint density at radius 3 is 2.67 bits per heavy atom. The van der Waals surface area contributed by atoms with E-state index >= 15 is 0 Å². The number of piperidine rings is 1. The van der Waals surface area contributed by atoms with Crippen LogP contribution >= 0.6 is 11.6 Å². The topological polar surface area (TPSA) is 91.6 Å². The van der Waals surface area contributed by atoms with Gasteiger partial charge < -0.3 is 19.6 Å². The van der Waals surface area contributed by atoms with Gasteiger partial charge in [-0.1, -0.05) is 16.8 Å². The molecule has 2 aromatic heterocycles.